The zero-order valence-electron chi connectivity index (χ0n) is 21.1. The molecule has 5 aromatic rings. The lowest BCUT2D eigenvalue weighted by Crippen LogP contribution is -2.39. The second kappa shape index (κ2) is 8.91. The lowest BCUT2D eigenvalue weighted by molar-refractivity contribution is 0.0523. The van der Waals surface area contributed by atoms with Crippen LogP contribution in [-0.4, -0.2) is 22.5 Å². The highest BCUT2D eigenvalue weighted by atomic mass is 16.5. The summed E-state index contributed by atoms with van der Waals surface area (Å²) < 4.78 is 17.3. The smallest absolute Gasteiger partial charge is 0.341 e. The van der Waals surface area contributed by atoms with Crippen molar-refractivity contribution in [1.29, 1.82) is 0 Å². The van der Waals surface area contributed by atoms with E-state index in [1.54, 1.807) is 18.6 Å². The molecule has 1 N–H and O–H groups in total. The SMILES string of the molecule is CCOC(=O)c1ccoc1C1c2ccccc2C(c2ncc[nH]2)(C2CCc3ccccc32)C1c1ccoc1. The molecule has 0 amide bonds. The van der Waals surface area contributed by atoms with Gasteiger partial charge in [-0.3, -0.25) is 0 Å². The highest BCUT2D eigenvalue weighted by Crippen LogP contribution is 2.67. The van der Waals surface area contributed by atoms with Gasteiger partial charge in [0.15, 0.2) is 0 Å². The van der Waals surface area contributed by atoms with Gasteiger partial charge in [0.2, 0.25) is 0 Å². The minimum atomic E-state index is -0.556. The van der Waals surface area contributed by atoms with E-state index in [2.05, 4.69) is 53.5 Å². The Labute approximate surface area is 220 Å². The van der Waals surface area contributed by atoms with Crippen molar-refractivity contribution in [3.8, 4) is 0 Å². The highest BCUT2D eigenvalue weighted by molar-refractivity contribution is 5.91. The summed E-state index contributed by atoms with van der Waals surface area (Å²) in [6, 6.07) is 21.0. The van der Waals surface area contributed by atoms with Crippen LogP contribution in [0.5, 0.6) is 0 Å². The second-order valence-electron chi connectivity index (χ2n) is 10.1. The molecule has 38 heavy (non-hydrogen) atoms. The number of esters is 1. The van der Waals surface area contributed by atoms with Gasteiger partial charge in [0.05, 0.1) is 36.7 Å². The second-order valence-corrected chi connectivity index (χ2v) is 10.1. The summed E-state index contributed by atoms with van der Waals surface area (Å²) in [5.41, 5.74) is 5.98. The van der Waals surface area contributed by atoms with Crippen LogP contribution in [0.1, 0.15) is 80.9 Å². The van der Waals surface area contributed by atoms with Crippen LogP contribution in [0.4, 0.5) is 0 Å². The number of aromatic nitrogens is 2. The fraction of sp³-hybridized carbons (Fsp3) is 0.250. The summed E-state index contributed by atoms with van der Waals surface area (Å²) in [7, 11) is 0. The molecule has 2 aliphatic rings. The third kappa shape index (κ3) is 3.13. The molecule has 190 valence electrons. The Morgan fingerprint density at radius 2 is 1.92 bits per heavy atom. The lowest BCUT2D eigenvalue weighted by atomic mass is 9.60. The van der Waals surface area contributed by atoms with Crippen LogP contribution in [0, 0.1) is 0 Å². The Hall–Kier alpha value is -4.32. The van der Waals surface area contributed by atoms with E-state index in [1.165, 1.54) is 16.7 Å². The quantitative estimate of drug-likeness (QED) is 0.260. The van der Waals surface area contributed by atoms with Gasteiger partial charge in [-0.15, -0.1) is 0 Å². The molecule has 2 aromatic carbocycles. The van der Waals surface area contributed by atoms with Gasteiger partial charge in [0, 0.05) is 24.2 Å². The maximum atomic E-state index is 13.1. The van der Waals surface area contributed by atoms with Crippen molar-refractivity contribution in [2.24, 2.45) is 0 Å². The molecule has 6 heteroatoms. The van der Waals surface area contributed by atoms with Gasteiger partial charge in [-0.25, -0.2) is 9.78 Å². The Kier molecular flexibility index (Phi) is 5.36. The molecule has 3 heterocycles. The van der Waals surface area contributed by atoms with E-state index in [1.807, 2.05) is 31.6 Å². The maximum absolute atomic E-state index is 13.1. The Morgan fingerprint density at radius 1 is 1.08 bits per heavy atom. The Balaban J connectivity index is 1.56. The number of benzene rings is 2. The van der Waals surface area contributed by atoms with Crippen LogP contribution in [0.25, 0.3) is 0 Å². The van der Waals surface area contributed by atoms with Crippen molar-refractivity contribution in [3.63, 3.8) is 0 Å². The topological polar surface area (TPSA) is 81.3 Å². The van der Waals surface area contributed by atoms with Crippen LogP contribution in [-0.2, 0) is 16.6 Å². The molecule has 7 rings (SSSR count). The Morgan fingerprint density at radius 3 is 2.71 bits per heavy atom. The molecule has 0 fully saturated rings. The Bertz CT molecular complexity index is 1580. The molecule has 0 aliphatic heterocycles. The molecular formula is C32H28N2O4. The third-order valence-electron chi connectivity index (χ3n) is 8.51. The van der Waals surface area contributed by atoms with Gasteiger partial charge in [-0.2, -0.15) is 0 Å². The molecule has 3 aromatic heterocycles. The first kappa shape index (κ1) is 22.8. The number of hydrogen-bond acceptors (Lipinski definition) is 5. The molecule has 0 bridgehead atoms. The monoisotopic (exact) mass is 504 g/mol. The number of ether oxygens (including phenoxy) is 1. The molecule has 4 atom stereocenters. The van der Waals surface area contributed by atoms with Crippen molar-refractivity contribution in [2.45, 2.75) is 42.9 Å². The van der Waals surface area contributed by atoms with Gasteiger partial charge >= 0.3 is 5.97 Å². The summed E-state index contributed by atoms with van der Waals surface area (Å²) >= 11 is 0. The number of nitrogens with one attached hydrogen (secondary N) is 1. The molecule has 0 spiro atoms. The van der Waals surface area contributed by atoms with Crippen LogP contribution in [0.3, 0.4) is 0 Å². The molecule has 2 aliphatic carbocycles. The standard InChI is InChI=1S/C32H28N2O4/c1-2-37-30(35)24-14-18-38-29(24)27-23-9-5-6-10-25(23)32(31-33-15-16-34-31,28(27)21-13-17-36-19-21)26-12-11-20-7-3-4-8-22(20)26/h3-10,13-19,26-28H,2,11-12H2,1H3,(H,33,34). The maximum Gasteiger partial charge on any atom is 0.341 e. The summed E-state index contributed by atoms with van der Waals surface area (Å²) in [6.07, 6.45) is 10.9. The van der Waals surface area contributed by atoms with Gasteiger partial charge < -0.3 is 18.6 Å². The van der Waals surface area contributed by atoms with Crippen molar-refractivity contribution in [1.82, 2.24) is 9.97 Å². The zero-order chi connectivity index (χ0) is 25.7. The van der Waals surface area contributed by atoms with Crippen molar-refractivity contribution in [3.05, 3.63) is 137 Å². The van der Waals surface area contributed by atoms with Gasteiger partial charge in [0.1, 0.15) is 17.1 Å². The third-order valence-corrected chi connectivity index (χ3v) is 8.51. The summed E-state index contributed by atoms with van der Waals surface area (Å²) in [6.45, 7) is 2.11. The largest absolute Gasteiger partial charge is 0.472 e. The number of H-pyrrole nitrogens is 1. The number of aryl methyl sites for hydroxylation is 1. The number of imidazole rings is 1. The summed E-state index contributed by atoms with van der Waals surface area (Å²) in [5.74, 6) is 0.890. The average molecular weight is 505 g/mol. The number of aromatic amines is 1. The predicted molar refractivity (Wildman–Crippen MR) is 141 cm³/mol. The first-order chi connectivity index (χ1) is 18.7. The molecule has 0 radical (unpaired) electrons. The minimum absolute atomic E-state index is 0.150. The molecular weight excluding hydrogens is 476 g/mol. The van der Waals surface area contributed by atoms with E-state index >= 15 is 0 Å². The van der Waals surface area contributed by atoms with Gasteiger partial charge in [0.25, 0.3) is 0 Å². The number of carbonyl (C=O) groups excluding carboxylic acids is 1. The normalized spacial score (nSPS) is 23.8. The van der Waals surface area contributed by atoms with E-state index < -0.39 is 5.41 Å². The fourth-order valence-corrected chi connectivity index (χ4v) is 7.26. The van der Waals surface area contributed by atoms with Crippen LogP contribution >= 0.6 is 0 Å². The number of furan rings is 2. The average Bonchev–Trinajstić information content (AvgIpc) is 3.77. The van der Waals surface area contributed by atoms with E-state index in [4.69, 9.17) is 18.6 Å². The number of rotatable bonds is 6. The number of carbonyl (C=O) groups is 1. The number of hydrogen-bond donors (Lipinski definition) is 1. The molecule has 0 saturated heterocycles. The highest BCUT2D eigenvalue weighted by Gasteiger charge is 2.61. The van der Waals surface area contributed by atoms with Gasteiger partial charge in [-0.1, -0.05) is 48.5 Å². The number of nitrogens with zero attached hydrogens (tertiary/aromatic N) is 1. The van der Waals surface area contributed by atoms with Crippen LogP contribution < -0.4 is 0 Å². The first-order valence-electron chi connectivity index (χ1n) is 13.2. The van der Waals surface area contributed by atoms with Crippen LogP contribution in [0.15, 0.2) is 101 Å². The van der Waals surface area contributed by atoms with Crippen molar-refractivity contribution >= 4 is 5.97 Å². The predicted octanol–water partition coefficient (Wildman–Crippen LogP) is 6.72. The van der Waals surface area contributed by atoms with Crippen molar-refractivity contribution in [2.75, 3.05) is 6.61 Å². The van der Waals surface area contributed by atoms with Crippen molar-refractivity contribution < 1.29 is 18.4 Å². The molecule has 6 nitrogen and oxygen atoms in total. The van der Waals surface area contributed by atoms with E-state index in [0.717, 1.165) is 29.8 Å². The number of fused-ring (bicyclic) bond motifs is 2. The van der Waals surface area contributed by atoms with E-state index in [0.29, 0.717) is 17.9 Å². The van der Waals surface area contributed by atoms with Gasteiger partial charge in [-0.05, 0) is 59.7 Å². The molecule has 4 unspecified atom stereocenters. The minimum Gasteiger partial charge on any atom is -0.472 e. The molecule has 0 saturated carbocycles. The fourth-order valence-electron chi connectivity index (χ4n) is 7.26. The first-order valence-corrected chi connectivity index (χ1v) is 13.2. The summed E-state index contributed by atoms with van der Waals surface area (Å²) in [4.78, 5) is 21.5. The zero-order valence-corrected chi connectivity index (χ0v) is 21.1. The van der Waals surface area contributed by atoms with Crippen LogP contribution in [0.2, 0.25) is 0 Å². The van der Waals surface area contributed by atoms with E-state index in [9.17, 15) is 4.79 Å². The lowest BCUT2D eigenvalue weighted by Gasteiger charge is -2.42. The summed E-state index contributed by atoms with van der Waals surface area (Å²) in [5, 5.41) is 0. The van der Waals surface area contributed by atoms with E-state index in [-0.39, 0.29) is 23.7 Å².